The van der Waals surface area contributed by atoms with Gasteiger partial charge >= 0.3 is 0 Å². The van der Waals surface area contributed by atoms with Crippen LogP contribution in [0.25, 0.3) is 0 Å². The van der Waals surface area contributed by atoms with E-state index in [9.17, 15) is 4.79 Å². The van der Waals surface area contributed by atoms with Crippen molar-refractivity contribution in [1.82, 2.24) is 10.2 Å². The highest BCUT2D eigenvalue weighted by Gasteiger charge is 2.38. The second kappa shape index (κ2) is 8.64. The predicted molar refractivity (Wildman–Crippen MR) is 108 cm³/mol. The molecule has 0 aromatic heterocycles. The Morgan fingerprint density at radius 1 is 0.963 bits per heavy atom. The SMILES string of the molecule is O=C(COc1ccc2c(c1)CCC2)NCC1(N2CCCCC2)CCCCC1. The number of nitrogens with zero attached hydrogens (tertiary/aromatic N) is 1. The Labute approximate surface area is 163 Å². The molecular formula is C23H34N2O2. The van der Waals surface area contributed by atoms with Gasteiger partial charge in [-0.15, -0.1) is 0 Å². The van der Waals surface area contributed by atoms with Crippen LogP contribution in [0.4, 0.5) is 0 Å². The minimum atomic E-state index is 0.0115. The summed E-state index contributed by atoms with van der Waals surface area (Å²) >= 11 is 0. The molecule has 0 atom stereocenters. The Morgan fingerprint density at radius 3 is 2.52 bits per heavy atom. The fraction of sp³-hybridized carbons (Fsp3) is 0.696. The Balaban J connectivity index is 1.30. The number of benzene rings is 1. The molecule has 3 aliphatic rings. The molecule has 0 bridgehead atoms. The lowest BCUT2D eigenvalue weighted by Gasteiger charge is -2.48. The highest BCUT2D eigenvalue weighted by atomic mass is 16.5. The molecule has 1 aliphatic heterocycles. The van der Waals surface area contributed by atoms with Gasteiger partial charge in [0.15, 0.2) is 6.61 Å². The molecule has 1 amide bonds. The van der Waals surface area contributed by atoms with Gasteiger partial charge in [0.2, 0.25) is 0 Å². The third-order valence-electron chi connectivity index (χ3n) is 6.87. The van der Waals surface area contributed by atoms with E-state index in [0.29, 0.717) is 0 Å². The summed E-state index contributed by atoms with van der Waals surface area (Å²) in [6, 6.07) is 6.28. The van der Waals surface area contributed by atoms with Gasteiger partial charge in [-0.05, 0) is 81.3 Å². The molecule has 0 spiro atoms. The number of carbonyl (C=O) groups is 1. The lowest BCUT2D eigenvalue weighted by molar-refractivity contribution is -0.124. The van der Waals surface area contributed by atoms with Crippen LogP contribution in [0.1, 0.15) is 68.9 Å². The summed E-state index contributed by atoms with van der Waals surface area (Å²) in [5.41, 5.74) is 3.01. The summed E-state index contributed by atoms with van der Waals surface area (Å²) < 4.78 is 5.79. The van der Waals surface area contributed by atoms with Crippen LogP contribution in [-0.4, -0.2) is 42.6 Å². The second-order valence-electron chi connectivity index (χ2n) is 8.68. The monoisotopic (exact) mass is 370 g/mol. The van der Waals surface area contributed by atoms with Crippen molar-refractivity contribution in [1.29, 1.82) is 0 Å². The first-order valence-electron chi connectivity index (χ1n) is 11.0. The van der Waals surface area contributed by atoms with Gasteiger partial charge < -0.3 is 10.1 Å². The zero-order valence-corrected chi connectivity index (χ0v) is 16.6. The first-order chi connectivity index (χ1) is 13.3. The molecule has 1 saturated heterocycles. The van der Waals surface area contributed by atoms with Crippen LogP contribution < -0.4 is 10.1 Å². The topological polar surface area (TPSA) is 41.6 Å². The number of likely N-dealkylation sites (tertiary alicyclic amines) is 1. The van der Waals surface area contributed by atoms with Crippen molar-refractivity contribution in [3.8, 4) is 5.75 Å². The zero-order valence-electron chi connectivity index (χ0n) is 16.6. The fourth-order valence-corrected chi connectivity index (χ4v) is 5.28. The van der Waals surface area contributed by atoms with Crippen molar-refractivity contribution in [2.24, 2.45) is 0 Å². The Kier molecular flexibility index (Phi) is 6.01. The molecule has 27 heavy (non-hydrogen) atoms. The maximum Gasteiger partial charge on any atom is 0.258 e. The molecule has 2 aliphatic carbocycles. The van der Waals surface area contributed by atoms with Crippen molar-refractivity contribution >= 4 is 5.91 Å². The maximum atomic E-state index is 12.5. The normalized spacial score (nSPS) is 22.2. The van der Waals surface area contributed by atoms with Crippen molar-refractivity contribution in [3.63, 3.8) is 0 Å². The van der Waals surface area contributed by atoms with E-state index in [2.05, 4.69) is 22.3 Å². The molecule has 4 rings (SSSR count). The maximum absolute atomic E-state index is 12.5. The van der Waals surface area contributed by atoms with E-state index in [0.717, 1.165) is 18.7 Å². The van der Waals surface area contributed by atoms with Gasteiger partial charge in [-0.3, -0.25) is 9.69 Å². The number of nitrogens with one attached hydrogen (secondary N) is 1. The molecule has 148 valence electrons. The fourth-order valence-electron chi connectivity index (χ4n) is 5.28. The molecule has 0 unspecified atom stereocenters. The highest BCUT2D eigenvalue weighted by Crippen LogP contribution is 2.35. The molecule has 1 heterocycles. The van der Waals surface area contributed by atoms with Crippen LogP contribution in [0.5, 0.6) is 5.75 Å². The quantitative estimate of drug-likeness (QED) is 0.827. The molecule has 1 aromatic rings. The molecule has 1 aromatic carbocycles. The van der Waals surface area contributed by atoms with Gasteiger partial charge in [-0.25, -0.2) is 0 Å². The first-order valence-corrected chi connectivity index (χ1v) is 11.0. The second-order valence-corrected chi connectivity index (χ2v) is 8.68. The molecular weight excluding hydrogens is 336 g/mol. The lowest BCUT2D eigenvalue weighted by Crippen LogP contribution is -2.58. The van der Waals surface area contributed by atoms with Crippen LogP contribution in [0.2, 0.25) is 0 Å². The van der Waals surface area contributed by atoms with Gasteiger partial charge in [0.1, 0.15) is 5.75 Å². The molecule has 1 saturated carbocycles. The number of carbonyl (C=O) groups excluding carboxylic acids is 1. The highest BCUT2D eigenvalue weighted by molar-refractivity contribution is 5.77. The van der Waals surface area contributed by atoms with E-state index in [-0.39, 0.29) is 18.1 Å². The zero-order chi connectivity index (χ0) is 18.5. The Morgan fingerprint density at radius 2 is 1.70 bits per heavy atom. The Hall–Kier alpha value is -1.55. The number of ether oxygens (including phenoxy) is 1. The number of aryl methyl sites for hydroxylation is 2. The number of hydrogen-bond acceptors (Lipinski definition) is 3. The van der Waals surface area contributed by atoms with Crippen molar-refractivity contribution < 1.29 is 9.53 Å². The molecule has 4 heteroatoms. The van der Waals surface area contributed by atoms with Crippen LogP contribution in [0.15, 0.2) is 18.2 Å². The van der Waals surface area contributed by atoms with Crippen LogP contribution in [0.3, 0.4) is 0 Å². The standard InChI is InChI=1S/C23H34N2O2/c26-22(17-27-21-11-10-19-8-7-9-20(19)16-21)24-18-23(12-3-1-4-13-23)25-14-5-2-6-15-25/h10-11,16H,1-9,12-15,17-18H2,(H,24,26). The van der Waals surface area contributed by atoms with Crippen molar-refractivity contribution in [3.05, 3.63) is 29.3 Å². The Bertz CT molecular complexity index is 646. The number of amides is 1. The third-order valence-corrected chi connectivity index (χ3v) is 6.87. The van der Waals surface area contributed by atoms with Crippen molar-refractivity contribution in [2.75, 3.05) is 26.2 Å². The van der Waals surface area contributed by atoms with Crippen LogP contribution >= 0.6 is 0 Å². The van der Waals surface area contributed by atoms with Gasteiger partial charge in [0, 0.05) is 12.1 Å². The number of hydrogen-bond donors (Lipinski definition) is 1. The first kappa shape index (κ1) is 18.8. The summed E-state index contributed by atoms with van der Waals surface area (Å²) in [5.74, 6) is 0.840. The van der Waals surface area contributed by atoms with E-state index in [1.165, 1.54) is 88.4 Å². The molecule has 2 fully saturated rings. The van der Waals surface area contributed by atoms with Gasteiger partial charge in [-0.1, -0.05) is 31.7 Å². The summed E-state index contributed by atoms with van der Waals surface area (Å²) in [6.07, 6.45) is 13.9. The van der Waals surface area contributed by atoms with Crippen LogP contribution in [-0.2, 0) is 17.6 Å². The van der Waals surface area contributed by atoms with E-state index in [1.807, 2.05) is 6.07 Å². The number of rotatable bonds is 6. The number of fused-ring (bicyclic) bond motifs is 1. The minimum Gasteiger partial charge on any atom is -0.484 e. The number of piperidine rings is 1. The lowest BCUT2D eigenvalue weighted by atomic mass is 9.79. The minimum absolute atomic E-state index is 0.0115. The molecule has 0 radical (unpaired) electrons. The smallest absolute Gasteiger partial charge is 0.258 e. The third kappa shape index (κ3) is 4.48. The van der Waals surface area contributed by atoms with E-state index >= 15 is 0 Å². The predicted octanol–water partition coefficient (Wildman–Crippen LogP) is 3.86. The van der Waals surface area contributed by atoms with Gasteiger partial charge in [0.05, 0.1) is 0 Å². The van der Waals surface area contributed by atoms with Crippen molar-refractivity contribution in [2.45, 2.75) is 76.2 Å². The average Bonchev–Trinajstić information content (AvgIpc) is 3.20. The van der Waals surface area contributed by atoms with Gasteiger partial charge in [-0.2, -0.15) is 0 Å². The molecule has 4 nitrogen and oxygen atoms in total. The van der Waals surface area contributed by atoms with E-state index in [1.54, 1.807) is 0 Å². The summed E-state index contributed by atoms with van der Waals surface area (Å²) in [4.78, 5) is 15.1. The summed E-state index contributed by atoms with van der Waals surface area (Å²) in [6.45, 7) is 3.29. The average molecular weight is 371 g/mol. The molecule has 1 N–H and O–H groups in total. The summed E-state index contributed by atoms with van der Waals surface area (Å²) in [5, 5.41) is 3.21. The van der Waals surface area contributed by atoms with Gasteiger partial charge in [0.25, 0.3) is 5.91 Å². The largest absolute Gasteiger partial charge is 0.484 e. The van der Waals surface area contributed by atoms with Crippen LogP contribution in [0, 0.1) is 0 Å². The van der Waals surface area contributed by atoms with E-state index < -0.39 is 0 Å². The summed E-state index contributed by atoms with van der Waals surface area (Å²) in [7, 11) is 0. The van der Waals surface area contributed by atoms with E-state index in [4.69, 9.17) is 4.74 Å².